The van der Waals surface area contributed by atoms with Gasteiger partial charge in [0.15, 0.2) is 9.84 Å². The van der Waals surface area contributed by atoms with E-state index in [1.54, 1.807) is 41.2 Å². The van der Waals surface area contributed by atoms with Gasteiger partial charge in [-0.15, -0.1) is 5.10 Å². The zero-order valence-corrected chi connectivity index (χ0v) is 27.6. The zero-order chi connectivity index (χ0) is 34.0. The molecule has 0 bridgehead atoms. The van der Waals surface area contributed by atoms with Crippen molar-refractivity contribution in [2.75, 3.05) is 6.26 Å². The van der Waals surface area contributed by atoms with Crippen LogP contribution in [0.1, 0.15) is 27.2 Å². The van der Waals surface area contributed by atoms with E-state index in [1.165, 1.54) is 12.1 Å². The van der Waals surface area contributed by atoms with E-state index in [0.29, 0.717) is 29.1 Å². The monoisotopic (exact) mass is 668 g/mol. The quantitative estimate of drug-likeness (QED) is 0.171. The number of hydrogen-bond donors (Lipinski definition) is 1. The van der Waals surface area contributed by atoms with E-state index in [-0.39, 0.29) is 23.2 Å². The fourth-order valence-corrected chi connectivity index (χ4v) is 6.36. The molecule has 0 atom stereocenters. The minimum absolute atomic E-state index is 0.118. The minimum Gasteiger partial charge on any atom is -0.439 e. The highest BCUT2D eigenvalue weighted by molar-refractivity contribution is 7.90. The second-order valence-corrected chi connectivity index (χ2v) is 13.7. The van der Waals surface area contributed by atoms with Crippen LogP contribution in [0.3, 0.4) is 0 Å². The van der Waals surface area contributed by atoms with Crippen LogP contribution in [0.25, 0.3) is 27.8 Å². The molecule has 0 fully saturated rings. The number of sulfone groups is 1. The Morgan fingerprint density at radius 2 is 1.69 bits per heavy atom. The van der Waals surface area contributed by atoms with Crippen molar-refractivity contribution >= 4 is 26.6 Å². The number of nitrogens with one attached hydrogen (secondary N) is 1. The van der Waals surface area contributed by atoms with E-state index >= 15 is 0 Å². The van der Waals surface area contributed by atoms with E-state index in [2.05, 4.69) is 55.5 Å². The highest BCUT2D eigenvalue weighted by Gasteiger charge is 2.18. The number of benzene rings is 4. The maximum Gasteiger partial charge on any atom is 0.253 e. The summed E-state index contributed by atoms with van der Waals surface area (Å²) < 4.78 is 33.9. The lowest BCUT2D eigenvalue weighted by Crippen LogP contribution is -2.24. The van der Waals surface area contributed by atoms with Crippen molar-refractivity contribution < 1.29 is 17.9 Å². The molecule has 0 radical (unpaired) electrons. The van der Waals surface area contributed by atoms with Crippen LogP contribution < -0.4 is 10.1 Å². The lowest BCUT2D eigenvalue weighted by atomic mass is 10.1. The number of ether oxygens (including phenoxy) is 1. The van der Waals surface area contributed by atoms with Crippen molar-refractivity contribution in [1.82, 2.24) is 29.9 Å². The molecule has 49 heavy (non-hydrogen) atoms. The standard InChI is InChI=1S/C38H32N6O4S/c1-26-17-18-33(37(45)40-23-29-13-9-19-39-38(29)48-31-14-8-15-32(22-31)49(2,46)47)36(20-26)44-25-30(41-42-44)24-43-34-16-7-6-12-28(34)21-35(43)27-10-4-3-5-11-27/h3-22,25H,23-24H2,1-2H3,(H,40,45). The third-order valence-corrected chi connectivity index (χ3v) is 9.23. The smallest absolute Gasteiger partial charge is 0.253 e. The van der Waals surface area contributed by atoms with Gasteiger partial charge in [0.1, 0.15) is 11.4 Å². The molecular weight excluding hydrogens is 637 g/mol. The Morgan fingerprint density at radius 1 is 0.878 bits per heavy atom. The number of fused-ring (bicyclic) bond motifs is 1. The first-order valence-electron chi connectivity index (χ1n) is 15.6. The number of aromatic nitrogens is 5. The molecule has 3 heterocycles. The fraction of sp³-hybridized carbons (Fsp3) is 0.105. The molecular formula is C38H32N6O4S. The highest BCUT2D eigenvalue weighted by atomic mass is 32.2. The van der Waals surface area contributed by atoms with Gasteiger partial charge in [0.2, 0.25) is 5.88 Å². The number of rotatable bonds is 10. The lowest BCUT2D eigenvalue weighted by Gasteiger charge is -2.13. The Kier molecular flexibility index (Phi) is 8.50. The highest BCUT2D eigenvalue weighted by Crippen LogP contribution is 2.29. The molecule has 0 spiro atoms. The number of amides is 1. The number of carbonyl (C=O) groups excluding carboxylic acids is 1. The van der Waals surface area contributed by atoms with Crippen LogP contribution in [0.4, 0.5) is 0 Å². The average molecular weight is 669 g/mol. The van der Waals surface area contributed by atoms with Gasteiger partial charge in [-0.3, -0.25) is 4.79 Å². The Hall–Kier alpha value is -6.07. The van der Waals surface area contributed by atoms with Crippen LogP contribution in [0, 0.1) is 6.92 Å². The van der Waals surface area contributed by atoms with E-state index in [9.17, 15) is 13.2 Å². The summed E-state index contributed by atoms with van der Waals surface area (Å²) in [4.78, 5) is 18.1. The predicted octanol–water partition coefficient (Wildman–Crippen LogP) is 6.77. The van der Waals surface area contributed by atoms with Gasteiger partial charge < -0.3 is 14.6 Å². The van der Waals surface area contributed by atoms with Gasteiger partial charge in [0.05, 0.1) is 28.9 Å². The molecule has 3 aromatic heterocycles. The fourth-order valence-electron chi connectivity index (χ4n) is 5.70. The summed E-state index contributed by atoms with van der Waals surface area (Å²) in [7, 11) is -3.41. The molecule has 0 saturated heterocycles. The average Bonchev–Trinajstić information content (AvgIpc) is 3.73. The van der Waals surface area contributed by atoms with Gasteiger partial charge in [0, 0.05) is 41.2 Å². The molecule has 0 aliphatic carbocycles. The van der Waals surface area contributed by atoms with Crippen molar-refractivity contribution in [1.29, 1.82) is 0 Å². The zero-order valence-electron chi connectivity index (χ0n) is 26.8. The SMILES string of the molecule is Cc1ccc(C(=O)NCc2cccnc2Oc2cccc(S(C)(=O)=O)c2)c(-n2cc(Cn3c(-c4ccccc4)cc4ccccc43)nn2)c1. The molecule has 1 N–H and O–H groups in total. The number of hydrogen-bond acceptors (Lipinski definition) is 7. The Bertz CT molecular complexity index is 2420. The molecule has 4 aromatic carbocycles. The molecule has 1 amide bonds. The summed E-state index contributed by atoms with van der Waals surface area (Å²) in [5, 5.41) is 13.1. The second-order valence-electron chi connectivity index (χ2n) is 11.7. The third-order valence-electron chi connectivity index (χ3n) is 8.12. The molecule has 0 saturated carbocycles. The summed E-state index contributed by atoms with van der Waals surface area (Å²) in [6.45, 7) is 2.56. The van der Waals surface area contributed by atoms with Crippen molar-refractivity contribution in [3.8, 4) is 28.6 Å². The third kappa shape index (κ3) is 6.83. The molecule has 7 aromatic rings. The molecule has 0 unspecified atom stereocenters. The van der Waals surface area contributed by atoms with Crippen LogP contribution in [0.5, 0.6) is 11.6 Å². The predicted molar refractivity (Wildman–Crippen MR) is 188 cm³/mol. The van der Waals surface area contributed by atoms with Gasteiger partial charge in [-0.25, -0.2) is 18.1 Å². The first-order chi connectivity index (χ1) is 23.7. The first-order valence-corrected chi connectivity index (χ1v) is 17.5. The number of aryl methyl sites for hydroxylation is 1. The number of carbonyl (C=O) groups is 1. The van der Waals surface area contributed by atoms with Crippen LogP contribution in [-0.4, -0.2) is 45.1 Å². The van der Waals surface area contributed by atoms with E-state index in [0.717, 1.165) is 39.7 Å². The van der Waals surface area contributed by atoms with Crippen molar-refractivity contribution in [2.24, 2.45) is 0 Å². The van der Waals surface area contributed by atoms with E-state index < -0.39 is 9.84 Å². The number of pyridine rings is 1. The van der Waals surface area contributed by atoms with Gasteiger partial charge in [-0.1, -0.05) is 71.9 Å². The summed E-state index contributed by atoms with van der Waals surface area (Å²) in [5.74, 6) is 0.260. The van der Waals surface area contributed by atoms with Crippen LogP contribution >= 0.6 is 0 Å². The maximum absolute atomic E-state index is 13.7. The van der Waals surface area contributed by atoms with Crippen molar-refractivity contribution in [2.45, 2.75) is 24.9 Å². The van der Waals surface area contributed by atoms with Gasteiger partial charge in [-0.05, 0) is 66.6 Å². The van der Waals surface area contributed by atoms with Gasteiger partial charge in [-0.2, -0.15) is 0 Å². The summed E-state index contributed by atoms with van der Waals surface area (Å²) >= 11 is 0. The van der Waals surface area contributed by atoms with E-state index in [1.807, 2.05) is 55.6 Å². The maximum atomic E-state index is 13.7. The largest absolute Gasteiger partial charge is 0.439 e. The molecule has 11 heteroatoms. The van der Waals surface area contributed by atoms with Gasteiger partial charge >= 0.3 is 0 Å². The van der Waals surface area contributed by atoms with Crippen LogP contribution in [0.15, 0.2) is 133 Å². The second kappa shape index (κ2) is 13.2. The molecule has 10 nitrogen and oxygen atoms in total. The minimum atomic E-state index is -3.41. The summed E-state index contributed by atoms with van der Waals surface area (Å²) in [5.41, 5.74) is 6.61. The molecule has 244 valence electrons. The van der Waals surface area contributed by atoms with E-state index in [4.69, 9.17) is 4.74 Å². The van der Waals surface area contributed by atoms with Crippen molar-refractivity contribution in [3.05, 3.63) is 150 Å². The van der Waals surface area contributed by atoms with Crippen molar-refractivity contribution in [3.63, 3.8) is 0 Å². The van der Waals surface area contributed by atoms with Crippen LogP contribution in [0.2, 0.25) is 0 Å². The topological polar surface area (TPSA) is 121 Å². The molecule has 0 aliphatic rings. The Labute approximate surface area is 283 Å². The molecule has 7 rings (SSSR count). The summed E-state index contributed by atoms with van der Waals surface area (Å²) in [6, 6.07) is 36.0. The first kappa shape index (κ1) is 31.5. The van der Waals surface area contributed by atoms with Crippen LogP contribution in [-0.2, 0) is 22.9 Å². The number of nitrogens with zero attached hydrogens (tertiary/aromatic N) is 5. The van der Waals surface area contributed by atoms with Gasteiger partial charge in [0.25, 0.3) is 5.91 Å². The Morgan fingerprint density at radius 3 is 2.53 bits per heavy atom. The molecule has 0 aliphatic heterocycles. The summed E-state index contributed by atoms with van der Waals surface area (Å²) in [6.07, 6.45) is 4.56. The normalized spacial score (nSPS) is 11.5. The lowest BCUT2D eigenvalue weighted by molar-refractivity contribution is 0.0950. The Balaban J connectivity index is 1.12. The number of para-hydroxylation sites is 1.